The van der Waals surface area contributed by atoms with Crippen molar-refractivity contribution in [1.82, 2.24) is 4.98 Å². The maximum absolute atomic E-state index is 4.94. The average molecular weight is 355 g/mol. The summed E-state index contributed by atoms with van der Waals surface area (Å²) >= 11 is 0. The molecule has 0 amide bonds. The quantitative estimate of drug-likeness (QED) is 0.248. The van der Waals surface area contributed by atoms with E-state index in [1.165, 1.54) is 10.8 Å². The molecule has 28 heavy (non-hydrogen) atoms. The average Bonchev–Trinajstić information content (AvgIpc) is 2.78. The number of pyridine rings is 1. The second-order valence-electron chi connectivity index (χ2n) is 6.72. The summed E-state index contributed by atoms with van der Waals surface area (Å²) in [4.78, 5) is 4.94. The Kier molecular flexibility index (Phi) is 4.09. The van der Waals surface area contributed by atoms with E-state index in [9.17, 15) is 0 Å². The Labute approximate surface area is 164 Å². The van der Waals surface area contributed by atoms with Crippen molar-refractivity contribution in [2.45, 2.75) is 0 Å². The predicted molar refractivity (Wildman–Crippen MR) is 117 cm³/mol. The monoisotopic (exact) mass is 355 g/mol. The molecule has 130 valence electrons. The van der Waals surface area contributed by atoms with Gasteiger partial charge in [0.05, 0.1) is 11.2 Å². The molecule has 4 aromatic carbocycles. The van der Waals surface area contributed by atoms with E-state index < -0.39 is 0 Å². The lowest BCUT2D eigenvalue weighted by Crippen LogP contribution is -1.91. The molecule has 1 aromatic heterocycles. The number of benzene rings is 4. The molecule has 0 spiro atoms. The van der Waals surface area contributed by atoms with E-state index in [1.807, 2.05) is 48.5 Å². The molecule has 0 fully saturated rings. The number of aromatic nitrogens is 1. The third-order valence-corrected chi connectivity index (χ3v) is 4.88. The molecule has 0 atom stereocenters. The van der Waals surface area contributed by atoms with Crippen molar-refractivity contribution in [2.75, 3.05) is 0 Å². The molecule has 5 rings (SSSR count). The van der Waals surface area contributed by atoms with E-state index in [-0.39, 0.29) is 0 Å². The molecule has 0 bridgehead atoms. The number of nitrogens with zero attached hydrogens (tertiary/aromatic N) is 1. The minimum absolute atomic E-state index is 0.945. The van der Waals surface area contributed by atoms with Crippen LogP contribution in [-0.2, 0) is 0 Å². The highest BCUT2D eigenvalue weighted by Gasteiger charge is 2.09. The van der Waals surface area contributed by atoms with Gasteiger partial charge in [-0.1, -0.05) is 90.7 Å². The maximum atomic E-state index is 4.94. The van der Waals surface area contributed by atoms with Crippen LogP contribution in [0.25, 0.3) is 32.9 Å². The van der Waals surface area contributed by atoms with Gasteiger partial charge < -0.3 is 0 Å². The molecule has 0 N–H and O–H groups in total. The van der Waals surface area contributed by atoms with Crippen LogP contribution in [0.3, 0.4) is 0 Å². The minimum Gasteiger partial charge on any atom is -0.248 e. The van der Waals surface area contributed by atoms with Gasteiger partial charge in [0.2, 0.25) is 0 Å². The van der Waals surface area contributed by atoms with Crippen molar-refractivity contribution in [3.8, 4) is 23.1 Å². The third-order valence-electron chi connectivity index (χ3n) is 4.88. The summed E-state index contributed by atoms with van der Waals surface area (Å²) < 4.78 is 0. The van der Waals surface area contributed by atoms with Crippen molar-refractivity contribution in [2.24, 2.45) is 0 Å². The van der Waals surface area contributed by atoms with Crippen LogP contribution in [-0.4, -0.2) is 4.98 Å². The lowest BCUT2D eigenvalue weighted by Gasteiger charge is -2.09. The van der Waals surface area contributed by atoms with E-state index in [4.69, 9.17) is 4.98 Å². The smallest absolute Gasteiger partial charge is 0.0728 e. The fourth-order valence-corrected chi connectivity index (χ4v) is 3.52. The highest BCUT2D eigenvalue weighted by atomic mass is 14.7. The van der Waals surface area contributed by atoms with Gasteiger partial charge in [-0.2, -0.15) is 0 Å². The van der Waals surface area contributed by atoms with Crippen molar-refractivity contribution >= 4 is 21.7 Å². The largest absolute Gasteiger partial charge is 0.248 e. The Bertz CT molecular complexity index is 1340. The Hall–Kier alpha value is -3.89. The van der Waals surface area contributed by atoms with Crippen LogP contribution in [0.4, 0.5) is 0 Å². The van der Waals surface area contributed by atoms with Gasteiger partial charge in [-0.05, 0) is 35.0 Å². The summed E-state index contributed by atoms with van der Waals surface area (Å²) in [5.74, 6) is 6.73. The van der Waals surface area contributed by atoms with Gasteiger partial charge in [-0.3, -0.25) is 0 Å². The summed E-state index contributed by atoms with van der Waals surface area (Å²) in [5, 5.41) is 3.50. The van der Waals surface area contributed by atoms with E-state index in [2.05, 4.69) is 66.4 Å². The highest BCUT2D eigenvalue weighted by molar-refractivity contribution is 6.09. The molecule has 0 saturated heterocycles. The van der Waals surface area contributed by atoms with Gasteiger partial charge in [-0.25, -0.2) is 4.98 Å². The molecule has 1 heterocycles. The molecule has 0 aliphatic rings. The van der Waals surface area contributed by atoms with Gasteiger partial charge in [0, 0.05) is 22.1 Å². The summed E-state index contributed by atoms with van der Waals surface area (Å²) in [6.45, 7) is 0. The summed E-state index contributed by atoms with van der Waals surface area (Å²) in [6, 6.07) is 35.1. The minimum atomic E-state index is 0.945. The first-order valence-corrected chi connectivity index (χ1v) is 9.33. The predicted octanol–water partition coefficient (Wildman–Crippen LogP) is 6.45. The summed E-state index contributed by atoms with van der Waals surface area (Å²) in [5.41, 5.74) is 5.02. The first kappa shape index (κ1) is 16.3. The maximum Gasteiger partial charge on any atom is 0.0728 e. The van der Waals surface area contributed by atoms with Crippen LogP contribution in [0.15, 0.2) is 103 Å². The van der Waals surface area contributed by atoms with E-state index in [0.717, 1.165) is 33.3 Å². The van der Waals surface area contributed by atoms with Crippen LogP contribution >= 0.6 is 0 Å². The Morgan fingerprint density at radius 2 is 1.32 bits per heavy atom. The zero-order valence-corrected chi connectivity index (χ0v) is 15.3. The second kappa shape index (κ2) is 7.02. The van der Waals surface area contributed by atoms with Crippen LogP contribution < -0.4 is 0 Å². The molecule has 1 heteroatoms. The highest BCUT2D eigenvalue weighted by Crippen LogP contribution is 2.30. The zero-order valence-electron chi connectivity index (χ0n) is 15.3. The van der Waals surface area contributed by atoms with Gasteiger partial charge in [0.15, 0.2) is 0 Å². The molecular weight excluding hydrogens is 338 g/mol. The molecule has 1 nitrogen and oxygen atoms in total. The van der Waals surface area contributed by atoms with Crippen LogP contribution in [0, 0.1) is 11.8 Å². The Balaban J connectivity index is 1.81. The second-order valence-corrected chi connectivity index (χ2v) is 6.72. The molecule has 0 aliphatic heterocycles. The third kappa shape index (κ3) is 3.02. The molecule has 0 aliphatic carbocycles. The van der Waals surface area contributed by atoms with Crippen molar-refractivity contribution in [3.05, 3.63) is 114 Å². The van der Waals surface area contributed by atoms with E-state index in [1.54, 1.807) is 0 Å². The molecule has 5 aromatic rings. The fourth-order valence-electron chi connectivity index (χ4n) is 3.52. The molecular formula is C27H17N. The van der Waals surface area contributed by atoms with Crippen LogP contribution in [0.2, 0.25) is 0 Å². The Morgan fingerprint density at radius 3 is 2.14 bits per heavy atom. The summed E-state index contributed by atoms with van der Waals surface area (Å²) in [7, 11) is 0. The van der Waals surface area contributed by atoms with Gasteiger partial charge in [0.25, 0.3) is 0 Å². The van der Waals surface area contributed by atoms with Gasteiger partial charge in [-0.15, -0.1) is 0 Å². The summed E-state index contributed by atoms with van der Waals surface area (Å²) in [6.07, 6.45) is 0. The number of fused-ring (bicyclic) bond motifs is 3. The van der Waals surface area contributed by atoms with Crippen molar-refractivity contribution in [1.29, 1.82) is 0 Å². The topological polar surface area (TPSA) is 12.9 Å². The first-order chi connectivity index (χ1) is 13.9. The van der Waals surface area contributed by atoms with Crippen molar-refractivity contribution < 1.29 is 0 Å². The van der Waals surface area contributed by atoms with Gasteiger partial charge in [0.1, 0.15) is 0 Å². The number of hydrogen-bond acceptors (Lipinski definition) is 1. The lowest BCUT2D eigenvalue weighted by molar-refractivity contribution is 1.40. The van der Waals surface area contributed by atoms with Crippen LogP contribution in [0.1, 0.15) is 11.1 Å². The first-order valence-electron chi connectivity index (χ1n) is 9.33. The van der Waals surface area contributed by atoms with Crippen LogP contribution in [0.5, 0.6) is 0 Å². The number of rotatable bonds is 1. The van der Waals surface area contributed by atoms with Gasteiger partial charge >= 0.3 is 0 Å². The van der Waals surface area contributed by atoms with Crippen molar-refractivity contribution in [3.63, 3.8) is 0 Å². The fraction of sp³-hybridized carbons (Fsp3) is 0. The van der Waals surface area contributed by atoms with E-state index >= 15 is 0 Å². The SMILES string of the molecule is C(#Cc1cc(-c2ccccc2)nc2ccc3ccccc3c12)c1ccccc1. The number of hydrogen-bond donors (Lipinski definition) is 0. The lowest BCUT2D eigenvalue weighted by atomic mass is 9.98. The zero-order chi connectivity index (χ0) is 18.8. The normalized spacial score (nSPS) is 10.6. The Morgan fingerprint density at radius 1 is 0.607 bits per heavy atom. The molecule has 0 unspecified atom stereocenters. The molecule has 0 saturated carbocycles. The van der Waals surface area contributed by atoms with E-state index in [0.29, 0.717) is 0 Å². The standard InChI is InChI=1S/C27H17N/c1-3-9-20(10-4-1)15-16-23-19-26(22-12-5-2-6-13-22)28-25-18-17-21-11-7-8-14-24(21)27(23)25/h1-14,17-19H. The molecule has 0 radical (unpaired) electrons.